The molecule has 1 aliphatic rings. The summed E-state index contributed by atoms with van der Waals surface area (Å²) in [5.74, 6) is 1.82. The van der Waals surface area contributed by atoms with Crippen molar-refractivity contribution < 1.29 is 9.47 Å². The van der Waals surface area contributed by atoms with Gasteiger partial charge in [0.1, 0.15) is 23.2 Å². The zero-order valence-corrected chi connectivity index (χ0v) is 11.5. The third-order valence-electron chi connectivity index (χ3n) is 2.84. The van der Waals surface area contributed by atoms with Crippen molar-refractivity contribution in [2.45, 2.75) is 45.3 Å². The maximum atomic E-state index is 5.94. The van der Waals surface area contributed by atoms with E-state index >= 15 is 0 Å². The number of nitrogens with one attached hydrogen (secondary N) is 1. The molecule has 0 atom stereocenters. The van der Waals surface area contributed by atoms with Gasteiger partial charge in [-0.05, 0) is 71.0 Å². The van der Waals surface area contributed by atoms with Crippen LogP contribution in [0.4, 0.5) is 0 Å². The third-order valence-corrected chi connectivity index (χ3v) is 2.84. The molecule has 1 heterocycles. The van der Waals surface area contributed by atoms with Crippen LogP contribution in [0.2, 0.25) is 0 Å². The quantitative estimate of drug-likeness (QED) is 0.893. The number of hydrogen-bond donors (Lipinski definition) is 1. The number of benzene rings is 1. The molecule has 1 aliphatic heterocycles. The van der Waals surface area contributed by atoms with Crippen molar-refractivity contribution in [2.75, 3.05) is 13.1 Å². The minimum atomic E-state index is -0.155. The second kappa shape index (κ2) is 5.61. The van der Waals surface area contributed by atoms with Crippen LogP contribution in [0.3, 0.4) is 0 Å². The fraction of sp³-hybridized carbons (Fsp3) is 0.600. The number of piperidine rings is 1. The molecule has 3 nitrogen and oxygen atoms in total. The molecule has 18 heavy (non-hydrogen) atoms. The molecule has 0 radical (unpaired) electrons. The molecule has 0 amide bonds. The summed E-state index contributed by atoms with van der Waals surface area (Å²) < 4.78 is 11.7. The minimum absolute atomic E-state index is 0.155. The van der Waals surface area contributed by atoms with Gasteiger partial charge in [-0.25, -0.2) is 0 Å². The van der Waals surface area contributed by atoms with E-state index in [1.807, 2.05) is 45.0 Å². The fourth-order valence-electron chi connectivity index (χ4n) is 2.05. The Labute approximate surface area is 109 Å². The largest absolute Gasteiger partial charge is 0.490 e. The predicted molar refractivity (Wildman–Crippen MR) is 73.3 cm³/mol. The van der Waals surface area contributed by atoms with Crippen molar-refractivity contribution in [1.82, 2.24) is 5.32 Å². The third kappa shape index (κ3) is 4.22. The molecule has 1 fully saturated rings. The van der Waals surface area contributed by atoms with Gasteiger partial charge in [-0.2, -0.15) is 0 Å². The van der Waals surface area contributed by atoms with E-state index in [4.69, 9.17) is 9.47 Å². The van der Waals surface area contributed by atoms with Crippen molar-refractivity contribution in [2.24, 2.45) is 0 Å². The Kier molecular flexibility index (Phi) is 4.12. The molecular formula is C15H23NO2. The monoisotopic (exact) mass is 249 g/mol. The average Bonchev–Trinajstić information content (AvgIpc) is 2.31. The van der Waals surface area contributed by atoms with Crippen LogP contribution in [0.25, 0.3) is 0 Å². The smallest absolute Gasteiger partial charge is 0.120 e. The standard InChI is InChI=1S/C15H23NO2/c1-15(2,3)18-14-6-4-12(5-7-14)17-13-8-10-16-11-9-13/h4-7,13,16H,8-11H2,1-3H3. The SMILES string of the molecule is CC(C)(C)Oc1ccc(OC2CCNCC2)cc1. The number of rotatable bonds is 3. The van der Waals surface area contributed by atoms with Gasteiger partial charge >= 0.3 is 0 Å². The zero-order valence-electron chi connectivity index (χ0n) is 11.5. The highest BCUT2D eigenvalue weighted by molar-refractivity contribution is 5.31. The molecule has 2 rings (SSSR count). The van der Waals surface area contributed by atoms with Crippen LogP contribution in [0.5, 0.6) is 11.5 Å². The van der Waals surface area contributed by atoms with E-state index in [9.17, 15) is 0 Å². The van der Waals surface area contributed by atoms with Crippen LogP contribution in [0.15, 0.2) is 24.3 Å². The lowest BCUT2D eigenvalue weighted by atomic mass is 10.1. The molecule has 0 spiro atoms. The maximum absolute atomic E-state index is 5.94. The van der Waals surface area contributed by atoms with Gasteiger partial charge in [-0.3, -0.25) is 0 Å². The molecule has 0 saturated carbocycles. The van der Waals surface area contributed by atoms with Crippen LogP contribution in [0, 0.1) is 0 Å². The first-order valence-electron chi connectivity index (χ1n) is 6.69. The summed E-state index contributed by atoms with van der Waals surface area (Å²) >= 11 is 0. The normalized spacial score (nSPS) is 17.5. The van der Waals surface area contributed by atoms with Gasteiger partial charge in [0, 0.05) is 0 Å². The molecule has 1 N–H and O–H groups in total. The van der Waals surface area contributed by atoms with Crippen molar-refractivity contribution in [3.05, 3.63) is 24.3 Å². The number of ether oxygens (including phenoxy) is 2. The van der Waals surface area contributed by atoms with Crippen LogP contribution in [-0.4, -0.2) is 24.8 Å². The van der Waals surface area contributed by atoms with E-state index in [0.717, 1.165) is 37.4 Å². The van der Waals surface area contributed by atoms with Crippen LogP contribution in [-0.2, 0) is 0 Å². The Bertz CT molecular complexity index is 361. The zero-order chi connectivity index (χ0) is 13.0. The molecule has 0 aromatic heterocycles. The summed E-state index contributed by atoms with van der Waals surface area (Å²) in [6.07, 6.45) is 2.51. The summed E-state index contributed by atoms with van der Waals surface area (Å²) in [7, 11) is 0. The van der Waals surface area contributed by atoms with E-state index in [0.29, 0.717) is 6.10 Å². The highest BCUT2D eigenvalue weighted by atomic mass is 16.5. The second-order valence-electron chi connectivity index (χ2n) is 5.75. The lowest BCUT2D eigenvalue weighted by Gasteiger charge is -2.24. The summed E-state index contributed by atoms with van der Waals surface area (Å²) in [5, 5.41) is 3.34. The molecule has 0 aliphatic carbocycles. The molecule has 1 aromatic rings. The van der Waals surface area contributed by atoms with E-state index in [1.165, 1.54) is 0 Å². The first-order valence-corrected chi connectivity index (χ1v) is 6.69. The first-order chi connectivity index (χ1) is 8.53. The number of hydrogen-bond acceptors (Lipinski definition) is 3. The molecule has 0 unspecified atom stereocenters. The molecule has 3 heteroatoms. The Hall–Kier alpha value is -1.22. The molecular weight excluding hydrogens is 226 g/mol. The maximum Gasteiger partial charge on any atom is 0.120 e. The second-order valence-corrected chi connectivity index (χ2v) is 5.75. The minimum Gasteiger partial charge on any atom is -0.490 e. The van der Waals surface area contributed by atoms with Crippen molar-refractivity contribution in [3.8, 4) is 11.5 Å². The van der Waals surface area contributed by atoms with Gasteiger partial charge < -0.3 is 14.8 Å². The Morgan fingerprint density at radius 3 is 2.11 bits per heavy atom. The van der Waals surface area contributed by atoms with Gasteiger partial charge in [-0.15, -0.1) is 0 Å². The lowest BCUT2D eigenvalue weighted by molar-refractivity contribution is 0.130. The van der Waals surface area contributed by atoms with Crippen molar-refractivity contribution in [1.29, 1.82) is 0 Å². The van der Waals surface area contributed by atoms with Gasteiger partial charge in [0.05, 0.1) is 0 Å². The Morgan fingerprint density at radius 1 is 1.00 bits per heavy atom. The molecule has 1 aromatic carbocycles. The summed E-state index contributed by atoms with van der Waals surface area (Å²) in [6, 6.07) is 7.93. The first kappa shape index (κ1) is 13.2. The highest BCUT2D eigenvalue weighted by Gasteiger charge is 2.15. The van der Waals surface area contributed by atoms with Gasteiger partial charge in [0.2, 0.25) is 0 Å². The van der Waals surface area contributed by atoms with Gasteiger partial charge in [0.25, 0.3) is 0 Å². The van der Waals surface area contributed by atoms with Gasteiger partial charge in [-0.1, -0.05) is 0 Å². The average molecular weight is 249 g/mol. The van der Waals surface area contributed by atoms with Gasteiger partial charge in [0.15, 0.2) is 0 Å². The summed E-state index contributed by atoms with van der Waals surface area (Å²) in [4.78, 5) is 0. The fourth-order valence-corrected chi connectivity index (χ4v) is 2.05. The summed E-state index contributed by atoms with van der Waals surface area (Å²) in [6.45, 7) is 8.25. The highest BCUT2D eigenvalue weighted by Crippen LogP contribution is 2.23. The Morgan fingerprint density at radius 2 is 1.56 bits per heavy atom. The van der Waals surface area contributed by atoms with E-state index in [1.54, 1.807) is 0 Å². The van der Waals surface area contributed by atoms with Crippen LogP contribution < -0.4 is 14.8 Å². The topological polar surface area (TPSA) is 30.5 Å². The van der Waals surface area contributed by atoms with E-state index in [2.05, 4.69) is 5.32 Å². The molecule has 1 saturated heterocycles. The van der Waals surface area contributed by atoms with E-state index < -0.39 is 0 Å². The van der Waals surface area contributed by atoms with Crippen LogP contribution in [0.1, 0.15) is 33.6 Å². The predicted octanol–water partition coefficient (Wildman–Crippen LogP) is 2.99. The summed E-state index contributed by atoms with van der Waals surface area (Å²) in [5.41, 5.74) is -0.155. The van der Waals surface area contributed by atoms with Crippen LogP contribution >= 0.6 is 0 Å². The molecule has 0 bridgehead atoms. The van der Waals surface area contributed by atoms with Crippen molar-refractivity contribution in [3.63, 3.8) is 0 Å². The van der Waals surface area contributed by atoms with Crippen molar-refractivity contribution >= 4 is 0 Å². The Balaban J connectivity index is 1.90. The lowest BCUT2D eigenvalue weighted by Crippen LogP contribution is -2.34. The molecule has 100 valence electrons. The van der Waals surface area contributed by atoms with E-state index in [-0.39, 0.29) is 5.60 Å².